The van der Waals surface area contributed by atoms with Gasteiger partial charge < -0.3 is 0 Å². The van der Waals surface area contributed by atoms with Crippen LogP contribution in [0, 0.1) is 0 Å². The van der Waals surface area contributed by atoms with Crippen LogP contribution in [-0.4, -0.2) is 0 Å². The van der Waals surface area contributed by atoms with Gasteiger partial charge in [0, 0.05) is 0 Å². The van der Waals surface area contributed by atoms with E-state index in [2.05, 4.69) is 13.2 Å². The first-order valence-corrected chi connectivity index (χ1v) is 11.4. The molecular formula is C8H14Hg. The Morgan fingerprint density at radius 1 is 1.00 bits per heavy atom. The fourth-order valence-electron chi connectivity index (χ4n) is 0.754. The molecule has 0 aromatic heterocycles. The SMILES string of the molecule is C=CC[CH2][Hg][CH2]CC=C. The molecule has 0 amide bonds. The van der Waals surface area contributed by atoms with E-state index in [4.69, 9.17) is 0 Å². The Balaban J connectivity index is 2.74. The van der Waals surface area contributed by atoms with E-state index in [1.54, 1.807) is 0 Å². The molecule has 48 valence electrons. The molecule has 0 atom stereocenters. The first-order chi connectivity index (χ1) is 4.41. The third-order valence-electron chi connectivity index (χ3n) is 1.32. The second-order valence-electron chi connectivity index (χ2n) is 2.22. The molecule has 0 bridgehead atoms. The van der Waals surface area contributed by atoms with Crippen molar-refractivity contribution in [3.63, 3.8) is 0 Å². The molecule has 0 fully saturated rings. The Bertz CT molecular complexity index is 66.6. The molecule has 0 spiro atoms. The van der Waals surface area contributed by atoms with Crippen LogP contribution in [0.4, 0.5) is 0 Å². The molecule has 0 rings (SSSR count). The van der Waals surface area contributed by atoms with Gasteiger partial charge in [0.05, 0.1) is 0 Å². The van der Waals surface area contributed by atoms with Crippen LogP contribution in [0.3, 0.4) is 0 Å². The molecule has 0 aliphatic heterocycles. The Kier molecular flexibility index (Phi) is 8.80. The maximum atomic E-state index is 3.69. The van der Waals surface area contributed by atoms with Crippen LogP contribution < -0.4 is 0 Å². The minimum atomic E-state index is -0.396. The summed E-state index contributed by atoms with van der Waals surface area (Å²) in [6, 6.07) is 0. The first-order valence-electron chi connectivity index (χ1n) is 3.63. The predicted molar refractivity (Wildman–Crippen MR) is 39.2 cm³/mol. The van der Waals surface area contributed by atoms with E-state index < -0.39 is 24.6 Å². The third kappa shape index (κ3) is 8.42. The molecule has 1 heteroatoms. The monoisotopic (exact) mass is 312 g/mol. The van der Waals surface area contributed by atoms with Gasteiger partial charge >= 0.3 is 70.6 Å². The van der Waals surface area contributed by atoms with E-state index in [9.17, 15) is 0 Å². The van der Waals surface area contributed by atoms with Gasteiger partial charge in [-0.3, -0.25) is 0 Å². The fraction of sp³-hybridized carbons (Fsp3) is 0.500. The molecule has 0 aliphatic rings. The van der Waals surface area contributed by atoms with Gasteiger partial charge in [-0.15, -0.1) is 0 Å². The van der Waals surface area contributed by atoms with Crippen molar-refractivity contribution in [3.8, 4) is 0 Å². The van der Waals surface area contributed by atoms with E-state index in [1.807, 2.05) is 12.2 Å². The van der Waals surface area contributed by atoms with Crippen LogP contribution in [0.5, 0.6) is 0 Å². The summed E-state index contributed by atoms with van der Waals surface area (Å²) in [5.41, 5.74) is 0. The second-order valence-corrected chi connectivity index (χ2v) is 10.5. The van der Waals surface area contributed by atoms with Gasteiger partial charge in [0.25, 0.3) is 0 Å². The predicted octanol–water partition coefficient (Wildman–Crippen LogP) is 3.06. The number of allylic oxidation sites excluding steroid dienone is 2. The minimum absolute atomic E-state index is 0.396. The van der Waals surface area contributed by atoms with E-state index >= 15 is 0 Å². The zero-order valence-corrected chi connectivity index (χ0v) is 11.6. The van der Waals surface area contributed by atoms with E-state index in [0.717, 1.165) is 0 Å². The van der Waals surface area contributed by atoms with Crippen LogP contribution in [0.2, 0.25) is 7.86 Å². The molecule has 0 aromatic carbocycles. The van der Waals surface area contributed by atoms with E-state index in [1.165, 1.54) is 20.7 Å². The van der Waals surface area contributed by atoms with E-state index in [-0.39, 0.29) is 0 Å². The average molecular weight is 311 g/mol. The molecule has 0 unspecified atom stereocenters. The van der Waals surface area contributed by atoms with Gasteiger partial charge in [-0.1, -0.05) is 0 Å². The summed E-state index contributed by atoms with van der Waals surface area (Å²) in [6.45, 7) is 7.39. The quantitative estimate of drug-likeness (QED) is 0.402. The van der Waals surface area contributed by atoms with Gasteiger partial charge in [-0.2, -0.15) is 0 Å². The summed E-state index contributed by atoms with van der Waals surface area (Å²) < 4.78 is 3.02. The summed E-state index contributed by atoms with van der Waals surface area (Å²) >= 11 is -0.396. The summed E-state index contributed by atoms with van der Waals surface area (Å²) in [6.07, 6.45) is 6.60. The topological polar surface area (TPSA) is 0 Å². The molecule has 9 heavy (non-hydrogen) atoms. The summed E-state index contributed by atoms with van der Waals surface area (Å²) in [5.74, 6) is 0. The molecule has 0 N–H and O–H groups in total. The summed E-state index contributed by atoms with van der Waals surface area (Å²) in [5, 5.41) is 0. The van der Waals surface area contributed by atoms with Crippen molar-refractivity contribution < 1.29 is 24.6 Å². The van der Waals surface area contributed by atoms with E-state index in [0.29, 0.717) is 0 Å². The zero-order valence-electron chi connectivity index (χ0n) is 6.10. The van der Waals surface area contributed by atoms with Crippen LogP contribution >= 0.6 is 0 Å². The van der Waals surface area contributed by atoms with Crippen molar-refractivity contribution in [2.45, 2.75) is 20.7 Å². The van der Waals surface area contributed by atoms with Crippen molar-refractivity contribution in [1.29, 1.82) is 0 Å². The Morgan fingerprint density at radius 2 is 1.44 bits per heavy atom. The Hall–Kier alpha value is 0.415. The zero-order chi connectivity index (χ0) is 6.95. The molecule has 0 aliphatic carbocycles. The normalized spacial score (nSPS) is 8.00. The first kappa shape index (κ1) is 9.42. The summed E-state index contributed by atoms with van der Waals surface area (Å²) in [7, 11) is 0. The van der Waals surface area contributed by atoms with Crippen molar-refractivity contribution in [3.05, 3.63) is 25.3 Å². The molecule has 0 saturated carbocycles. The standard InChI is InChI=1S/2C4H7.Hg/c2*1-3-4-2;/h2*3H,1-2,4H2;. The molecule has 0 radical (unpaired) electrons. The average Bonchev–Trinajstić information content (AvgIpc) is 1.89. The van der Waals surface area contributed by atoms with Crippen molar-refractivity contribution in [2.75, 3.05) is 0 Å². The number of hydrogen-bond acceptors (Lipinski definition) is 0. The fourth-order valence-corrected chi connectivity index (χ4v) is 6.62. The van der Waals surface area contributed by atoms with Crippen LogP contribution in [0.1, 0.15) is 12.8 Å². The molecule has 0 nitrogen and oxygen atoms in total. The van der Waals surface area contributed by atoms with Gasteiger partial charge in [0.1, 0.15) is 0 Å². The number of hydrogen-bond donors (Lipinski definition) is 0. The van der Waals surface area contributed by atoms with Crippen molar-refractivity contribution >= 4 is 0 Å². The van der Waals surface area contributed by atoms with Crippen LogP contribution in [0.15, 0.2) is 25.3 Å². The van der Waals surface area contributed by atoms with Gasteiger partial charge in [0.2, 0.25) is 0 Å². The van der Waals surface area contributed by atoms with Gasteiger partial charge in [-0.05, 0) is 0 Å². The second kappa shape index (κ2) is 8.42. The van der Waals surface area contributed by atoms with Crippen molar-refractivity contribution in [2.24, 2.45) is 0 Å². The molecule has 0 saturated heterocycles. The van der Waals surface area contributed by atoms with Crippen LogP contribution in [0.25, 0.3) is 0 Å². The molecule has 0 aromatic rings. The Morgan fingerprint density at radius 3 is 1.78 bits per heavy atom. The Labute approximate surface area is 70.5 Å². The molecule has 0 heterocycles. The third-order valence-corrected chi connectivity index (χ3v) is 8.38. The summed E-state index contributed by atoms with van der Waals surface area (Å²) in [4.78, 5) is 0. The van der Waals surface area contributed by atoms with Crippen molar-refractivity contribution in [1.82, 2.24) is 0 Å². The van der Waals surface area contributed by atoms with Crippen LogP contribution in [-0.2, 0) is 24.6 Å². The van der Waals surface area contributed by atoms with Gasteiger partial charge in [-0.25, -0.2) is 0 Å². The van der Waals surface area contributed by atoms with Gasteiger partial charge in [0.15, 0.2) is 0 Å². The maximum absolute atomic E-state index is 3.69. The molecular weight excluding hydrogens is 297 g/mol. The number of rotatable bonds is 6.